The van der Waals surface area contributed by atoms with Gasteiger partial charge in [-0.1, -0.05) is 12.1 Å². The fraction of sp³-hybridized carbons (Fsp3) is 0. The van der Waals surface area contributed by atoms with Crippen LogP contribution < -0.4 is 5.46 Å². The van der Waals surface area contributed by atoms with Gasteiger partial charge in [-0.3, -0.25) is 0 Å². The van der Waals surface area contributed by atoms with Crippen molar-refractivity contribution in [3.63, 3.8) is 0 Å². The van der Waals surface area contributed by atoms with Gasteiger partial charge in [0.15, 0.2) is 0 Å². The second kappa shape index (κ2) is 4.73. The van der Waals surface area contributed by atoms with E-state index in [0.717, 1.165) is 16.3 Å². The number of fused-ring (bicyclic) bond motifs is 1. The molecule has 3 aromatic rings. The van der Waals surface area contributed by atoms with Crippen molar-refractivity contribution in [1.29, 1.82) is 0 Å². The summed E-state index contributed by atoms with van der Waals surface area (Å²) >= 11 is 1.43. The molecular formula is C13H9BFNO2S. The maximum absolute atomic E-state index is 13.2. The van der Waals surface area contributed by atoms with Crippen LogP contribution in [0.5, 0.6) is 0 Å². The van der Waals surface area contributed by atoms with E-state index < -0.39 is 12.9 Å². The van der Waals surface area contributed by atoms with Crippen molar-refractivity contribution >= 4 is 34.1 Å². The Morgan fingerprint density at radius 1 is 1.11 bits per heavy atom. The van der Waals surface area contributed by atoms with Gasteiger partial charge in [0.2, 0.25) is 0 Å². The van der Waals surface area contributed by atoms with Crippen LogP contribution in [-0.4, -0.2) is 22.2 Å². The van der Waals surface area contributed by atoms with Gasteiger partial charge in [0, 0.05) is 5.56 Å². The topological polar surface area (TPSA) is 53.4 Å². The molecule has 0 aliphatic rings. The highest BCUT2D eigenvalue weighted by molar-refractivity contribution is 7.21. The van der Waals surface area contributed by atoms with E-state index in [1.54, 1.807) is 0 Å². The minimum absolute atomic E-state index is 0.124. The number of hydrogen-bond acceptors (Lipinski definition) is 4. The molecule has 0 spiro atoms. The number of thiazole rings is 1. The van der Waals surface area contributed by atoms with E-state index in [-0.39, 0.29) is 5.46 Å². The molecule has 94 valence electrons. The highest BCUT2D eigenvalue weighted by Crippen LogP contribution is 2.29. The second-order valence-corrected chi connectivity index (χ2v) is 5.12. The molecular weight excluding hydrogens is 264 g/mol. The number of rotatable bonds is 2. The summed E-state index contributed by atoms with van der Waals surface area (Å²) < 4.78 is 14.2. The van der Waals surface area contributed by atoms with Crippen LogP contribution >= 0.6 is 11.3 Å². The van der Waals surface area contributed by atoms with Gasteiger partial charge in [-0.05, 0) is 35.8 Å². The zero-order valence-corrected chi connectivity index (χ0v) is 10.6. The summed E-state index contributed by atoms with van der Waals surface area (Å²) in [6.07, 6.45) is 0. The van der Waals surface area contributed by atoms with Gasteiger partial charge in [0.05, 0.1) is 10.2 Å². The fourth-order valence-electron chi connectivity index (χ4n) is 1.93. The lowest BCUT2D eigenvalue weighted by molar-refractivity contribution is 0.425. The summed E-state index contributed by atoms with van der Waals surface area (Å²) in [4.78, 5) is 4.43. The molecule has 6 heteroatoms. The Bertz CT molecular complexity index is 711. The Labute approximate surface area is 113 Å². The zero-order chi connectivity index (χ0) is 13.4. The summed E-state index contributed by atoms with van der Waals surface area (Å²) in [6.45, 7) is 0. The van der Waals surface area contributed by atoms with Gasteiger partial charge in [-0.2, -0.15) is 0 Å². The molecule has 1 aromatic heterocycles. The largest absolute Gasteiger partial charge is 0.489 e. The minimum Gasteiger partial charge on any atom is -0.423 e. The molecule has 0 saturated carbocycles. The fourth-order valence-corrected chi connectivity index (χ4v) is 2.94. The number of halogens is 1. The van der Waals surface area contributed by atoms with Crippen molar-refractivity contribution in [3.05, 3.63) is 48.3 Å². The lowest BCUT2D eigenvalue weighted by Crippen LogP contribution is -2.31. The molecule has 0 aliphatic carbocycles. The van der Waals surface area contributed by atoms with E-state index in [4.69, 9.17) is 0 Å². The monoisotopic (exact) mass is 273 g/mol. The van der Waals surface area contributed by atoms with Crippen LogP contribution in [0.15, 0.2) is 42.5 Å². The van der Waals surface area contributed by atoms with Gasteiger partial charge in [-0.15, -0.1) is 11.3 Å². The number of benzene rings is 2. The van der Waals surface area contributed by atoms with Gasteiger partial charge in [0.25, 0.3) is 0 Å². The lowest BCUT2D eigenvalue weighted by Gasteiger charge is -2.05. The molecule has 0 atom stereocenters. The number of hydrogen-bond donors (Lipinski definition) is 2. The smallest absolute Gasteiger partial charge is 0.423 e. The molecule has 1 heterocycles. The highest BCUT2D eigenvalue weighted by atomic mass is 32.1. The third kappa shape index (κ3) is 2.25. The number of para-hydroxylation sites is 1. The molecule has 3 rings (SSSR count). The Morgan fingerprint density at radius 2 is 1.89 bits per heavy atom. The Kier molecular flexibility index (Phi) is 3.06. The van der Waals surface area contributed by atoms with Crippen LogP contribution in [0.3, 0.4) is 0 Å². The van der Waals surface area contributed by atoms with Crippen LogP contribution in [0, 0.1) is 5.82 Å². The average Bonchev–Trinajstić information content (AvgIpc) is 2.82. The van der Waals surface area contributed by atoms with Gasteiger partial charge < -0.3 is 10.0 Å². The predicted molar refractivity (Wildman–Crippen MR) is 74.8 cm³/mol. The van der Waals surface area contributed by atoms with Crippen LogP contribution in [0.25, 0.3) is 20.8 Å². The summed E-state index contributed by atoms with van der Waals surface area (Å²) in [5.74, 6) is -0.507. The van der Waals surface area contributed by atoms with E-state index >= 15 is 0 Å². The quantitative estimate of drug-likeness (QED) is 0.700. The summed E-state index contributed by atoms with van der Waals surface area (Å²) in [6, 6.07) is 11.5. The Balaban J connectivity index is 2.20. The molecule has 0 saturated heterocycles. The van der Waals surface area contributed by atoms with Crippen molar-refractivity contribution in [2.45, 2.75) is 0 Å². The molecule has 2 aromatic carbocycles. The van der Waals surface area contributed by atoms with E-state index in [0.29, 0.717) is 10.6 Å². The maximum Gasteiger partial charge on any atom is 0.489 e. The zero-order valence-electron chi connectivity index (χ0n) is 9.75. The van der Waals surface area contributed by atoms with E-state index in [1.165, 1.54) is 23.5 Å². The number of nitrogens with zero attached hydrogens (tertiary/aromatic N) is 1. The van der Waals surface area contributed by atoms with E-state index in [2.05, 4.69) is 4.98 Å². The van der Waals surface area contributed by atoms with E-state index in [1.807, 2.05) is 24.3 Å². The average molecular weight is 273 g/mol. The summed E-state index contributed by atoms with van der Waals surface area (Å²) in [5.41, 5.74) is 1.50. The standard InChI is InChI=1S/C13H9BFNO2S/c15-8-5-6-9(10(7-8)14(17)18)13-16-11-3-1-2-4-12(11)19-13/h1-7,17-18H. The maximum atomic E-state index is 13.2. The second-order valence-electron chi connectivity index (χ2n) is 4.09. The van der Waals surface area contributed by atoms with Crippen molar-refractivity contribution in [3.8, 4) is 10.6 Å². The van der Waals surface area contributed by atoms with Crippen LogP contribution in [0.2, 0.25) is 0 Å². The first-order valence-electron chi connectivity index (χ1n) is 5.66. The van der Waals surface area contributed by atoms with Crippen molar-refractivity contribution in [1.82, 2.24) is 4.98 Å². The van der Waals surface area contributed by atoms with Gasteiger partial charge in [-0.25, -0.2) is 9.37 Å². The summed E-state index contributed by atoms with van der Waals surface area (Å²) in [7, 11) is -1.72. The van der Waals surface area contributed by atoms with Crippen molar-refractivity contribution < 1.29 is 14.4 Å². The van der Waals surface area contributed by atoms with Crippen LogP contribution in [0.1, 0.15) is 0 Å². The SMILES string of the molecule is OB(O)c1cc(F)ccc1-c1nc2ccccc2s1. The van der Waals surface area contributed by atoms with E-state index in [9.17, 15) is 14.4 Å². The van der Waals surface area contributed by atoms with Crippen molar-refractivity contribution in [2.75, 3.05) is 0 Å². The Morgan fingerprint density at radius 3 is 2.63 bits per heavy atom. The molecule has 2 N–H and O–H groups in total. The predicted octanol–water partition coefficient (Wildman–Crippen LogP) is 1.78. The third-order valence-corrected chi connectivity index (χ3v) is 3.89. The molecule has 0 unspecified atom stereocenters. The molecule has 3 nitrogen and oxygen atoms in total. The third-order valence-electron chi connectivity index (χ3n) is 2.82. The van der Waals surface area contributed by atoms with Gasteiger partial charge >= 0.3 is 7.12 Å². The first kappa shape index (κ1) is 12.3. The van der Waals surface area contributed by atoms with Gasteiger partial charge in [0.1, 0.15) is 10.8 Å². The van der Waals surface area contributed by atoms with Crippen LogP contribution in [0.4, 0.5) is 4.39 Å². The van der Waals surface area contributed by atoms with Crippen LogP contribution in [-0.2, 0) is 0 Å². The minimum atomic E-state index is -1.72. The molecule has 19 heavy (non-hydrogen) atoms. The first-order valence-corrected chi connectivity index (χ1v) is 6.48. The molecule has 0 radical (unpaired) electrons. The van der Waals surface area contributed by atoms with Crippen molar-refractivity contribution in [2.24, 2.45) is 0 Å². The molecule has 0 aliphatic heterocycles. The Hall–Kier alpha value is -1.76. The number of aromatic nitrogens is 1. The molecule has 0 amide bonds. The first-order chi connectivity index (χ1) is 9.15. The normalized spacial score (nSPS) is 10.9. The highest BCUT2D eigenvalue weighted by Gasteiger charge is 2.20. The lowest BCUT2D eigenvalue weighted by atomic mass is 9.77. The molecule has 0 bridgehead atoms. The summed E-state index contributed by atoms with van der Waals surface area (Å²) in [5, 5.41) is 19.3. The molecule has 0 fully saturated rings.